The molecule has 3 atom stereocenters. The first-order valence-electron chi connectivity index (χ1n) is 16.9. The number of carboxylic acids is 1. The Morgan fingerprint density at radius 3 is 2.30 bits per heavy atom. The number of likely N-dealkylation sites (tertiary alicyclic amines) is 1. The zero-order valence-corrected chi connectivity index (χ0v) is 27.2. The predicted octanol–water partition coefficient (Wildman–Crippen LogP) is 7.73. The molecular formula is C39H47NO6. The van der Waals surface area contributed by atoms with Gasteiger partial charge >= 0.3 is 11.9 Å². The second-order valence-electron chi connectivity index (χ2n) is 13.0. The Kier molecular flexibility index (Phi) is 11.5. The summed E-state index contributed by atoms with van der Waals surface area (Å²) in [5.74, 6) is -1.01. The third kappa shape index (κ3) is 8.56. The van der Waals surface area contributed by atoms with Crippen LogP contribution in [-0.4, -0.2) is 47.0 Å². The smallest absolute Gasteiger partial charge is 0.341 e. The first-order chi connectivity index (χ1) is 22.3. The number of carboxylic acid groups (broad SMARTS) is 1. The van der Waals surface area contributed by atoms with Crippen molar-refractivity contribution in [1.82, 2.24) is 4.90 Å². The molecule has 46 heavy (non-hydrogen) atoms. The molecule has 2 fully saturated rings. The van der Waals surface area contributed by atoms with E-state index in [0.29, 0.717) is 31.6 Å². The van der Waals surface area contributed by atoms with E-state index < -0.39 is 24.7 Å². The Morgan fingerprint density at radius 1 is 0.826 bits per heavy atom. The number of carbonyl (C=O) groups excluding carboxylic acids is 2. The maximum Gasteiger partial charge on any atom is 0.341 e. The van der Waals surface area contributed by atoms with Crippen LogP contribution in [0, 0.1) is 19.8 Å². The molecule has 2 aliphatic rings. The van der Waals surface area contributed by atoms with Crippen LogP contribution in [0.3, 0.4) is 0 Å². The first kappa shape index (κ1) is 33.2. The number of nitrogens with zero attached hydrogens (tertiary/aromatic N) is 1. The largest absolute Gasteiger partial charge is 0.482 e. The minimum Gasteiger partial charge on any atom is -0.482 e. The molecule has 0 aromatic heterocycles. The molecule has 2 unspecified atom stereocenters. The first-order valence-corrected chi connectivity index (χ1v) is 16.9. The molecule has 3 aromatic carbocycles. The Morgan fingerprint density at radius 2 is 1.57 bits per heavy atom. The maximum atomic E-state index is 14.5. The van der Waals surface area contributed by atoms with Gasteiger partial charge in [-0.1, -0.05) is 79.9 Å². The van der Waals surface area contributed by atoms with Gasteiger partial charge in [-0.3, -0.25) is 4.79 Å². The fourth-order valence-corrected chi connectivity index (χ4v) is 7.08. The highest BCUT2D eigenvalue weighted by atomic mass is 16.5. The van der Waals surface area contributed by atoms with Crippen molar-refractivity contribution in [3.63, 3.8) is 0 Å². The highest BCUT2D eigenvalue weighted by Gasteiger charge is 2.40. The van der Waals surface area contributed by atoms with Gasteiger partial charge in [0, 0.05) is 6.54 Å². The Hall–Kier alpha value is -4.13. The highest BCUT2D eigenvalue weighted by molar-refractivity contribution is 5.89. The van der Waals surface area contributed by atoms with Crippen molar-refractivity contribution in [2.24, 2.45) is 5.92 Å². The van der Waals surface area contributed by atoms with Gasteiger partial charge in [-0.15, -0.1) is 0 Å². The van der Waals surface area contributed by atoms with Crippen LogP contribution >= 0.6 is 0 Å². The SMILES string of the molecule is Cc1ccc(CCC(OC(=O)[C@@H]2CCCCN2C(=O)C(c2ccccc2)C2CCCCC2)c2cccc(OCC(=O)O)c2)cc1C. The van der Waals surface area contributed by atoms with Gasteiger partial charge in [0.05, 0.1) is 5.92 Å². The summed E-state index contributed by atoms with van der Waals surface area (Å²) < 4.78 is 11.8. The number of hydrogen-bond donors (Lipinski definition) is 1. The molecule has 5 rings (SSSR count). The second-order valence-corrected chi connectivity index (χ2v) is 13.0. The summed E-state index contributed by atoms with van der Waals surface area (Å²) in [6, 6.07) is 22.9. The molecule has 0 spiro atoms. The minimum absolute atomic E-state index is 0.0375. The summed E-state index contributed by atoms with van der Waals surface area (Å²) in [4.78, 5) is 41.5. The van der Waals surface area contributed by atoms with Crippen molar-refractivity contribution < 1.29 is 29.0 Å². The van der Waals surface area contributed by atoms with Crippen molar-refractivity contribution >= 4 is 17.8 Å². The summed E-state index contributed by atoms with van der Waals surface area (Å²) in [5.41, 5.74) is 5.34. The fourth-order valence-electron chi connectivity index (χ4n) is 7.08. The molecule has 1 aliphatic heterocycles. The summed E-state index contributed by atoms with van der Waals surface area (Å²) in [6.45, 7) is 4.25. The topological polar surface area (TPSA) is 93.1 Å². The van der Waals surface area contributed by atoms with Crippen LogP contribution in [0.25, 0.3) is 0 Å². The predicted molar refractivity (Wildman–Crippen MR) is 178 cm³/mol. The summed E-state index contributed by atoms with van der Waals surface area (Å²) in [5, 5.41) is 9.11. The van der Waals surface area contributed by atoms with Crippen molar-refractivity contribution in [3.8, 4) is 5.75 Å². The standard InChI is InChI=1S/C39H47NO6/c1-27-19-20-29(24-28(27)2)21-22-35(32-16-11-17-33(25-32)45-26-36(41)42)46-39(44)34-18-9-10-23-40(34)38(43)37(30-12-5-3-6-13-30)31-14-7-4-8-15-31/h3,5-6,11-13,16-17,19-20,24-25,31,34-35,37H,4,7-10,14-15,18,21-23,26H2,1-2H3,(H,41,42)/t34-,35?,37?/m0/s1. The van der Waals surface area contributed by atoms with Crippen molar-refractivity contribution in [2.45, 2.75) is 96.1 Å². The average molecular weight is 626 g/mol. The molecule has 1 heterocycles. The quantitative estimate of drug-likeness (QED) is 0.207. The van der Waals surface area contributed by atoms with E-state index in [-0.39, 0.29) is 23.7 Å². The molecule has 1 N–H and O–H groups in total. The molecule has 1 amide bonds. The molecule has 7 nitrogen and oxygen atoms in total. The number of aliphatic carboxylic acids is 1. The van der Waals surface area contributed by atoms with Gasteiger partial charge in [0.2, 0.25) is 5.91 Å². The lowest BCUT2D eigenvalue weighted by molar-refractivity contribution is -0.163. The molecule has 0 radical (unpaired) electrons. The monoisotopic (exact) mass is 625 g/mol. The van der Waals surface area contributed by atoms with E-state index in [1.165, 1.54) is 17.5 Å². The number of benzene rings is 3. The van der Waals surface area contributed by atoms with E-state index >= 15 is 0 Å². The molecular weight excluding hydrogens is 578 g/mol. The fraction of sp³-hybridized carbons (Fsp3) is 0.462. The lowest BCUT2D eigenvalue weighted by atomic mass is 9.75. The molecule has 1 saturated heterocycles. The van der Waals surface area contributed by atoms with E-state index in [4.69, 9.17) is 14.6 Å². The Labute approximate surface area is 272 Å². The molecule has 1 aliphatic carbocycles. The number of ether oxygens (including phenoxy) is 2. The van der Waals surface area contributed by atoms with Crippen LogP contribution in [0.5, 0.6) is 5.75 Å². The van der Waals surface area contributed by atoms with Gasteiger partial charge in [-0.2, -0.15) is 0 Å². The summed E-state index contributed by atoms with van der Waals surface area (Å²) in [7, 11) is 0. The van der Waals surface area contributed by atoms with Crippen LogP contribution < -0.4 is 4.74 Å². The lowest BCUT2D eigenvalue weighted by Gasteiger charge is -2.39. The molecule has 0 bridgehead atoms. The van der Waals surface area contributed by atoms with Gasteiger partial charge < -0.3 is 19.5 Å². The van der Waals surface area contributed by atoms with Crippen LogP contribution in [0.4, 0.5) is 0 Å². The normalized spacial score (nSPS) is 18.4. The number of aryl methyl sites for hydroxylation is 3. The van der Waals surface area contributed by atoms with Gasteiger partial charge in [0.25, 0.3) is 0 Å². The summed E-state index contributed by atoms with van der Waals surface area (Å²) in [6.07, 6.45) is 8.42. The van der Waals surface area contributed by atoms with E-state index in [2.05, 4.69) is 44.2 Å². The van der Waals surface area contributed by atoms with Crippen molar-refractivity contribution in [1.29, 1.82) is 0 Å². The number of rotatable bonds is 12. The highest BCUT2D eigenvalue weighted by Crippen LogP contribution is 2.39. The lowest BCUT2D eigenvalue weighted by Crippen LogP contribution is -2.51. The number of piperidine rings is 1. The van der Waals surface area contributed by atoms with Crippen molar-refractivity contribution in [2.75, 3.05) is 13.2 Å². The zero-order valence-electron chi connectivity index (χ0n) is 27.2. The average Bonchev–Trinajstić information content (AvgIpc) is 3.08. The van der Waals surface area contributed by atoms with Crippen LogP contribution in [-0.2, 0) is 25.5 Å². The van der Waals surface area contributed by atoms with E-state index in [1.54, 1.807) is 18.2 Å². The Bertz CT molecular complexity index is 1480. The molecule has 1 saturated carbocycles. The Balaban J connectivity index is 1.39. The molecule has 7 heteroatoms. The van der Waals surface area contributed by atoms with E-state index in [9.17, 15) is 14.4 Å². The molecule has 3 aromatic rings. The maximum absolute atomic E-state index is 14.5. The van der Waals surface area contributed by atoms with Crippen molar-refractivity contribution in [3.05, 3.63) is 101 Å². The number of carbonyl (C=O) groups is 3. The van der Waals surface area contributed by atoms with Gasteiger partial charge in [0.1, 0.15) is 17.9 Å². The number of hydrogen-bond acceptors (Lipinski definition) is 5. The van der Waals surface area contributed by atoms with Gasteiger partial charge in [-0.05, 0) is 105 Å². The number of amides is 1. The van der Waals surface area contributed by atoms with Gasteiger partial charge in [0.15, 0.2) is 6.61 Å². The zero-order chi connectivity index (χ0) is 32.5. The molecule has 244 valence electrons. The number of esters is 1. The van der Waals surface area contributed by atoms with Crippen LogP contribution in [0.1, 0.15) is 97.6 Å². The van der Waals surface area contributed by atoms with Crippen LogP contribution in [0.2, 0.25) is 0 Å². The van der Waals surface area contributed by atoms with E-state index in [0.717, 1.165) is 55.2 Å². The third-order valence-corrected chi connectivity index (χ3v) is 9.72. The van der Waals surface area contributed by atoms with E-state index in [1.807, 2.05) is 29.2 Å². The third-order valence-electron chi connectivity index (χ3n) is 9.72. The van der Waals surface area contributed by atoms with Crippen LogP contribution in [0.15, 0.2) is 72.8 Å². The summed E-state index contributed by atoms with van der Waals surface area (Å²) >= 11 is 0. The second kappa shape index (κ2) is 15.9. The minimum atomic E-state index is -1.06. The van der Waals surface area contributed by atoms with Gasteiger partial charge in [-0.25, -0.2) is 9.59 Å².